The molecular weight excluding hydrogens is 254 g/mol. The van der Waals surface area contributed by atoms with Gasteiger partial charge < -0.3 is 4.74 Å². The van der Waals surface area contributed by atoms with Crippen LogP contribution in [0.5, 0.6) is 0 Å². The molecule has 1 nitrogen and oxygen atoms in total. The van der Waals surface area contributed by atoms with E-state index < -0.39 is 0 Å². The van der Waals surface area contributed by atoms with Gasteiger partial charge in [0.15, 0.2) is 0 Å². The predicted octanol–water partition coefficient (Wildman–Crippen LogP) is 4.37. The van der Waals surface area contributed by atoms with Gasteiger partial charge in [-0.2, -0.15) is 0 Å². The first-order valence-electron chi connectivity index (χ1n) is 3.55. The van der Waals surface area contributed by atoms with E-state index in [2.05, 4.69) is 0 Å². The highest BCUT2D eigenvalue weighted by Gasteiger charge is 2.31. The lowest BCUT2D eigenvalue weighted by Crippen LogP contribution is -1.87. The molecule has 1 aliphatic heterocycles. The molecule has 1 saturated heterocycles. The van der Waals surface area contributed by atoms with Crippen molar-refractivity contribution in [2.24, 2.45) is 0 Å². The molecule has 0 spiro atoms. The molecule has 0 aliphatic carbocycles. The lowest BCUT2D eigenvalue weighted by Gasteiger charge is -2.07. The molecule has 0 saturated carbocycles. The molecule has 0 aromatic heterocycles. The third-order valence-corrected chi connectivity index (χ3v) is 3.41. The fourth-order valence-corrected chi connectivity index (χ4v) is 2.16. The van der Waals surface area contributed by atoms with Crippen LogP contribution in [0.3, 0.4) is 0 Å². The van der Waals surface area contributed by atoms with Gasteiger partial charge in [0.25, 0.3) is 0 Å². The normalized spacial score (nSPS) is 20.5. The first-order valence-corrected chi connectivity index (χ1v) is 5.07. The number of rotatable bonds is 1. The zero-order valence-electron chi connectivity index (χ0n) is 6.28. The van der Waals surface area contributed by atoms with E-state index >= 15 is 0 Å². The summed E-state index contributed by atoms with van der Waals surface area (Å²) < 4.78 is 5.08. The van der Waals surface area contributed by atoms with Crippen LogP contribution in [-0.4, -0.2) is 6.61 Å². The first kappa shape index (κ1) is 9.88. The molecule has 1 aromatic carbocycles. The molecule has 5 heteroatoms. The number of benzene rings is 1. The average Bonchev–Trinajstić information content (AvgIpc) is 2.85. The molecular formula is C8H4Cl4O. The summed E-state index contributed by atoms with van der Waals surface area (Å²) in [5, 5.41) is 1.67. The summed E-state index contributed by atoms with van der Waals surface area (Å²) in [6, 6.07) is 1.53. The standard InChI is InChI=1S/C8H4Cl4O/c9-3-1-4(10)8(12)6(7(3)11)5-2-13-5/h1,5H,2H2. The number of epoxide rings is 1. The minimum Gasteiger partial charge on any atom is -0.368 e. The Balaban J connectivity index is 2.62. The zero-order valence-corrected chi connectivity index (χ0v) is 9.31. The Morgan fingerprint density at radius 3 is 1.92 bits per heavy atom. The third-order valence-electron chi connectivity index (χ3n) is 1.80. The summed E-state index contributed by atoms with van der Waals surface area (Å²) in [7, 11) is 0. The van der Waals surface area contributed by atoms with Gasteiger partial charge in [0.2, 0.25) is 0 Å². The molecule has 0 N–H and O–H groups in total. The van der Waals surface area contributed by atoms with E-state index in [0.717, 1.165) is 0 Å². The zero-order chi connectivity index (χ0) is 9.59. The molecule has 1 atom stereocenters. The molecule has 0 radical (unpaired) electrons. The van der Waals surface area contributed by atoms with Crippen molar-refractivity contribution < 1.29 is 4.74 Å². The number of hydrogen-bond acceptors (Lipinski definition) is 1. The van der Waals surface area contributed by atoms with Crippen molar-refractivity contribution in [2.45, 2.75) is 6.10 Å². The molecule has 1 unspecified atom stereocenters. The van der Waals surface area contributed by atoms with Gasteiger partial charge in [-0.05, 0) is 6.07 Å². The van der Waals surface area contributed by atoms with E-state index in [1.165, 1.54) is 6.07 Å². The molecule has 2 rings (SSSR count). The van der Waals surface area contributed by atoms with Crippen molar-refractivity contribution in [3.8, 4) is 0 Å². The smallest absolute Gasteiger partial charge is 0.109 e. The quantitative estimate of drug-likeness (QED) is 0.538. The van der Waals surface area contributed by atoms with Crippen molar-refractivity contribution >= 4 is 46.4 Å². The van der Waals surface area contributed by atoms with Crippen LogP contribution < -0.4 is 0 Å². The summed E-state index contributed by atoms with van der Waals surface area (Å²) >= 11 is 23.6. The van der Waals surface area contributed by atoms with E-state index in [0.29, 0.717) is 32.3 Å². The lowest BCUT2D eigenvalue weighted by atomic mass is 10.1. The van der Waals surface area contributed by atoms with E-state index in [9.17, 15) is 0 Å². The molecule has 0 bridgehead atoms. The van der Waals surface area contributed by atoms with Crippen molar-refractivity contribution in [1.82, 2.24) is 0 Å². The van der Waals surface area contributed by atoms with Crippen molar-refractivity contribution in [2.75, 3.05) is 6.61 Å². The lowest BCUT2D eigenvalue weighted by molar-refractivity contribution is 0.416. The Kier molecular flexibility index (Phi) is 2.65. The van der Waals surface area contributed by atoms with Crippen LogP contribution >= 0.6 is 46.4 Å². The molecule has 0 amide bonds. The van der Waals surface area contributed by atoms with Crippen LogP contribution in [0.4, 0.5) is 0 Å². The largest absolute Gasteiger partial charge is 0.368 e. The van der Waals surface area contributed by atoms with Gasteiger partial charge in [-0.25, -0.2) is 0 Å². The van der Waals surface area contributed by atoms with Gasteiger partial charge in [-0.15, -0.1) is 0 Å². The van der Waals surface area contributed by atoms with Crippen LogP contribution in [0.25, 0.3) is 0 Å². The van der Waals surface area contributed by atoms with Gasteiger partial charge in [0, 0.05) is 5.56 Å². The Hall–Kier alpha value is 0.340. The monoisotopic (exact) mass is 256 g/mol. The molecule has 1 aromatic rings. The molecule has 13 heavy (non-hydrogen) atoms. The second-order valence-electron chi connectivity index (χ2n) is 2.70. The third kappa shape index (κ3) is 1.77. The van der Waals surface area contributed by atoms with Crippen molar-refractivity contribution in [3.63, 3.8) is 0 Å². The number of halogens is 4. The van der Waals surface area contributed by atoms with Gasteiger partial charge >= 0.3 is 0 Å². The van der Waals surface area contributed by atoms with E-state index in [1.54, 1.807) is 0 Å². The Bertz CT molecular complexity index is 333. The molecule has 1 aliphatic rings. The summed E-state index contributed by atoms with van der Waals surface area (Å²) in [6.45, 7) is 0.621. The maximum absolute atomic E-state index is 5.95. The second-order valence-corrected chi connectivity index (χ2v) is 4.27. The Morgan fingerprint density at radius 1 is 1.08 bits per heavy atom. The fourth-order valence-electron chi connectivity index (χ4n) is 1.09. The highest BCUT2D eigenvalue weighted by Crippen LogP contribution is 2.45. The van der Waals surface area contributed by atoms with Crippen LogP contribution in [0.15, 0.2) is 6.07 Å². The second kappa shape index (κ2) is 3.48. The predicted molar refractivity (Wildman–Crippen MR) is 55.2 cm³/mol. The summed E-state index contributed by atoms with van der Waals surface area (Å²) in [5.74, 6) is 0. The highest BCUT2D eigenvalue weighted by atomic mass is 35.5. The SMILES string of the molecule is Clc1cc(Cl)c(Cl)c(C2CO2)c1Cl. The molecule has 1 fully saturated rings. The number of ether oxygens (including phenoxy) is 1. The van der Waals surface area contributed by atoms with Crippen LogP contribution in [-0.2, 0) is 4.74 Å². The van der Waals surface area contributed by atoms with Gasteiger partial charge in [-0.3, -0.25) is 0 Å². The van der Waals surface area contributed by atoms with Crippen molar-refractivity contribution in [1.29, 1.82) is 0 Å². The topological polar surface area (TPSA) is 12.5 Å². The van der Waals surface area contributed by atoms with Crippen molar-refractivity contribution in [3.05, 3.63) is 31.7 Å². The average molecular weight is 258 g/mol. The van der Waals surface area contributed by atoms with E-state index in [-0.39, 0.29) is 6.10 Å². The minimum absolute atomic E-state index is 0.0452. The van der Waals surface area contributed by atoms with Gasteiger partial charge in [-0.1, -0.05) is 46.4 Å². The Morgan fingerprint density at radius 2 is 1.54 bits per heavy atom. The van der Waals surface area contributed by atoms with Crippen LogP contribution in [0, 0.1) is 0 Å². The summed E-state index contributed by atoms with van der Waals surface area (Å²) in [4.78, 5) is 0. The van der Waals surface area contributed by atoms with E-state index in [1.807, 2.05) is 0 Å². The van der Waals surface area contributed by atoms with Gasteiger partial charge in [0.05, 0.1) is 26.7 Å². The van der Waals surface area contributed by atoms with Gasteiger partial charge in [0.1, 0.15) is 6.10 Å². The first-order chi connectivity index (χ1) is 6.11. The molecule has 1 heterocycles. The summed E-state index contributed by atoms with van der Waals surface area (Å²) in [6.07, 6.45) is -0.0452. The number of hydrogen-bond donors (Lipinski definition) is 0. The highest BCUT2D eigenvalue weighted by molar-refractivity contribution is 6.48. The Labute approximate surface area is 95.5 Å². The minimum atomic E-state index is -0.0452. The summed E-state index contributed by atoms with van der Waals surface area (Å²) in [5.41, 5.74) is 0.695. The van der Waals surface area contributed by atoms with Crippen LogP contribution in [0.1, 0.15) is 11.7 Å². The van der Waals surface area contributed by atoms with E-state index in [4.69, 9.17) is 51.1 Å². The van der Waals surface area contributed by atoms with Crippen LogP contribution in [0.2, 0.25) is 20.1 Å². The maximum atomic E-state index is 5.95. The maximum Gasteiger partial charge on any atom is 0.109 e. The fraction of sp³-hybridized carbons (Fsp3) is 0.250. The molecule has 70 valence electrons.